The standard InChI is InChI=1S/C15H14N2O2/c18-14-4-2-1-3-13(14)17-15(19)10-5-6-11-8-16-9-12(11)7-10/h1-7,16,18H,8-9H2,(H,17,19). The molecule has 0 radical (unpaired) electrons. The quantitative estimate of drug-likeness (QED) is 0.720. The highest BCUT2D eigenvalue weighted by Crippen LogP contribution is 2.23. The van der Waals surface area contributed by atoms with Gasteiger partial charge >= 0.3 is 0 Å². The fourth-order valence-electron chi connectivity index (χ4n) is 2.21. The second-order valence-corrected chi connectivity index (χ2v) is 4.56. The summed E-state index contributed by atoms with van der Waals surface area (Å²) in [5.74, 6) is -0.144. The zero-order valence-electron chi connectivity index (χ0n) is 10.3. The minimum absolute atomic E-state index is 0.0682. The topological polar surface area (TPSA) is 61.4 Å². The number of amides is 1. The highest BCUT2D eigenvalue weighted by atomic mass is 16.3. The van der Waals surface area contributed by atoms with Crippen molar-refractivity contribution >= 4 is 11.6 Å². The molecule has 0 bridgehead atoms. The Labute approximate surface area is 111 Å². The first kappa shape index (κ1) is 11.7. The van der Waals surface area contributed by atoms with Crippen LogP contribution in [0.2, 0.25) is 0 Å². The van der Waals surface area contributed by atoms with Gasteiger partial charge < -0.3 is 15.7 Å². The van der Waals surface area contributed by atoms with E-state index in [0.717, 1.165) is 18.7 Å². The molecule has 0 atom stereocenters. The first-order valence-electron chi connectivity index (χ1n) is 6.16. The number of hydrogen-bond donors (Lipinski definition) is 3. The number of carbonyl (C=O) groups is 1. The van der Waals surface area contributed by atoms with E-state index in [1.54, 1.807) is 30.3 Å². The van der Waals surface area contributed by atoms with Crippen molar-refractivity contribution in [2.75, 3.05) is 5.32 Å². The van der Waals surface area contributed by atoms with Crippen molar-refractivity contribution in [3.63, 3.8) is 0 Å². The molecule has 3 rings (SSSR count). The molecular formula is C15H14N2O2. The highest BCUT2D eigenvalue weighted by molar-refractivity contribution is 6.05. The molecule has 1 aliphatic heterocycles. The Morgan fingerprint density at radius 2 is 1.89 bits per heavy atom. The van der Waals surface area contributed by atoms with Gasteiger partial charge in [0.15, 0.2) is 0 Å². The molecule has 0 aliphatic carbocycles. The molecule has 0 saturated heterocycles. The zero-order chi connectivity index (χ0) is 13.2. The number of hydrogen-bond acceptors (Lipinski definition) is 3. The van der Waals surface area contributed by atoms with E-state index in [2.05, 4.69) is 10.6 Å². The molecular weight excluding hydrogens is 240 g/mol. The summed E-state index contributed by atoms with van der Waals surface area (Å²) < 4.78 is 0. The van der Waals surface area contributed by atoms with Crippen LogP contribution in [0.1, 0.15) is 21.5 Å². The van der Waals surface area contributed by atoms with E-state index in [1.165, 1.54) is 5.56 Å². The van der Waals surface area contributed by atoms with E-state index in [4.69, 9.17) is 0 Å². The third-order valence-corrected chi connectivity index (χ3v) is 3.25. The molecule has 0 fully saturated rings. The van der Waals surface area contributed by atoms with Crippen LogP contribution >= 0.6 is 0 Å². The molecule has 3 N–H and O–H groups in total. The molecule has 0 saturated carbocycles. The van der Waals surface area contributed by atoms with Gasteiger partial charge in [-0.1, -0.05) is 18.2 Å². The SMILES string of the molecule is O=C(Nc1ccccc1O)c1ccc2c(c1)CNC2. The summed E-state index contributed by atoms with van der Waals surface area (Å²) in [7, 11) is 0. The lowest BCUT2D eigenvalue weighted by atomic mass is 10.1. The van der Waals surface area contributed by atoms with Gasteiger partial charge in [0.1, 0.15) is 5.75 Å². The van der Waals surface area contributed by atoms with E-state index < -0.39 is 0 Å². The Bertz CT molecular complexity index is 638. The van der Waals surface area contributed by atoms with Crippen molar-refractivity contribution in [3.8, 4) is 5.75 Å². The number of rotatable bonds is 2. The van der Waals surface area contributed by atoms with Gasteiger partial charge in [0.25, 0.3) is 5.91 Å². The maximum atomic E-state index is 12.1. The largest absolute Gasteiger partial charge is 0.506 e. The predicted octanol–water partition coefficient (Wildman–Crippen LogP) is 2.25. The second-order valence-electron chi connectivity index (χ2n) is 4.56. The summed E-state index contributed by atoms with van der Waals surface area (Å²) in [6.07, 6.45) is 0. The Hall–Kier alpha value is -2.33. The van der Waals surface area contributed by atoms with Crippen LogP contribution in [-0.2, 0) is 13.1 Å². The molecule has 0 spiro atoms. The van der Waals surface area contributed by atoms with Gasteiger partial charge in [0.2, 0.25) is 0 Å². The lowest BCUT2D eigenvalue weighted by Gasteiger charge is -2.08. The average molecular weight is 254 g/mol. The minimum Gasteiger partial charge on any atom is -0.506 e. The van der Waals surface area contributed by atoms with Gasteiger partial charge in [-0.05, 0) is 35.4 Å². The maximum absolute atomic E-state index is 12.1. The molecule has 2 aromatic rings. The third-order valence-electron chi connectivity index (χ3n) is 3.25. The highest BCUT2D eigenvalue weighted by Gasteiger charge is 2.14. The zero-order valence-corrected chi connectivity index (χ0v) is 10.3. The van der Waals surface area contributed by atoms with Crippen molar-refractivity contribution in [3.05, 3.63) is 59.2 Å². The summed E-state index contributed by atoms with van der Waals surface area (Å²) in [6, 6.07) is 12.4. The second kappa shape index (κ2) is 4.74. The number of nitrogens with one attached hydrogen (secondary N) is 2. The summed E-state index contributed by atoms with van der Waals surface area (Å²) in [5.41, 5.74) is 3.42. The molecule has 1 heterocycles. The van der Waals surface area contributed by atoms with Crippen LogP contribution in [0.3, 0.4) is 0 Å². The van der Waals surface area contributed by atoms with E-state index in [0.29, 0.717) is 11.3 Å². The van der Waals surface area contributed by atoms with Crippen LogP contribution in [-0.4, -0.2) is 11.0 Å². The van der Waals surface area contributed by atoms with Crippen molar-refractivity contribution in [1.82, 2.24) is 5.32 Å². The van der Waals surface area contributed by atoms with E-state index in [9.17, 15) is 9.90 Å². The third kappa shape index (κ3) is 2.30. The summed E-state index contributed by atoms with van der Waals surface area (Å²) in [5, 5.41) is 15.6. The van der Waals surface area contributed by atoms with E-state index in [-0.39, 0.29) is 11.7 Å². The van der Waals surface area contributed by atoms with Crippen molar-refractivity contribution in [2.45, 2.75) is 13.1 Å². The lowest BCUT2D eigenvalue weighted by molar-refractivity contribution is 0.102. The molecule has 19 heavy (non-hydrogen) atoms. The average Bonchev–Trinajstić information content (AvgIpc) is 2.88. The number of carbonyl (C=O) groups excluding carboxylic acids is 1. The molecule has 0 aromatic heterocycles. The Morgan fingerprint density at radius 1 is 1.11 bits per heavy atom. The summed E-state index contributed by atoms with van der Waals surface area (Å²) in [4.78, 5) is 12.1. The van der Waals surface area contributed by atoms with Crippen LogP contribution in [0.15, 0.2) is 42.5 Å². The van der Waals surface area contributed by atoms with E-state index in [1.807, 2.05) is 12.1 Å². The van der Waals surface area contributed by atoms with Crippen molar-refractivity contribution < 1.29 is 9.90 Å². The normalized spacial score (nSPS) is 13.1. The van der Waals surface area contributed by atoms with Gasteiger partial charge in [0.05, 0.1) is 5.69 Å². The first-order valence-corrected chi connectivity index (χ1v) is 6.16. The van der Waals surface area contributed by atoms with Crippen LogP contribution in [0.25, 0.3) is 0 Å². The van der Waals surface area contributed by atoms with Crippen molar-refractivity contribution in [2.24, 2.45) is 0 Å². The number of para-hydroxylation sites is 2. The van der Waals surface area contributed by atoms with Gasteiger partial charge in [-0.15, -0.1) is 0 Å². The van der Waals surface area contributed by atoms with Gasteiger partial charge in [0, 0.05) is 18.7 Å². The number of phenolic OH excluding ortho intramolecular Hbond substituents is 1. The number of aromatic hydroxyl groups is 1. The number of anilines is 1. The molecule has 1 aliphatic rings. The van der Waals surface area contributed by atoms with Gasteiger partial charge in [-0.3, -0.25) is 4.79 Å². The smallest absolute Gasteiger partial charge is 0.255 e. The number of phenols is 1. The monoisotopic (exact) mass is 254 g/mol. The molecule has 0 unspecified atom stereocenters. The Kier molecular flexibility index (Phi) is 2.93. The van der Waals surface area contributed by atoms with Gasteiger partial charge in [-0.2, -0.15) is 0 Å². The van der Waals surface area contributed by atoms with Crippen molar-refractivity contribution in [1.29, 1.82) is 0 Å². The van der Waals surface area contributed by atoms with Crippen LogP contribution in [0.4, 0.5) is 5.69 Å². The van der Waals surface area contributed by atoms with Crippen LogP contribution in [0, 0.1) is 0 Å². The molecule has 96 valence electrons. The maximum Gasteiger partial charge on any atom is 0.255 e. The lowest BCUT2D eigenvalue weighted by Crippen LogP contribution is -2.12. The fourth-order valence-corrected chi connectivity index (χ4v) is 2.21. The fraction of sp³-hybridized carbons (Fsp3) is 0.133. The Balaban J connectivity index is 1.83. The number of fused-ring (bicyclic) bond motifs is 1. The molecule has 4 heteroatoms. The molecule has 1 amide bonds. The van der Waals surface area contributed by atoms with Crippen LogP contribution in [0.5, 0.6) is 5.75 Å². The molecule has 2 aromatic carbocycles. The molecule has 4 nitrogen and oxygen atoms in total. The summed E-state index contributed by atoms with van der Waals surface area (Å²) >= 11 is 0. The summed E-state index contributed by atoms with van der Waals surface area (Å²) in [6.45, 7) is 1.66. The van der Waals surface area contributed by atoms with Gasteiger partial charge in [-0.25, -0.2) is 0 Å². The van der Waals surface area contributed by atoms with Crippen LogP contribution < -0.4 is 10.6 Å². The minimum atomic E-state index is -0.212. The van der Waals surface area contributed by atoms with E-state index >= 15 is 0 Å². The Morgan fingerprint density at radius 3 is 2.74 bits per heavy atom. The first-order chi connectivity index (χ1) is 9.24. The predicted molar refractivity (Wildman–Crippen MR) is 73.0 cm³/mol. The number of benzene rings is 2.